The lowest BCUT2D eigenvalue weighted by atomic mass is 10.2. The van der Waals surface area contributed by atoms with Crippen LogP contribution in [0.4, 0.5) is 5.69 Å². The number of nitro groups is 1. The molecule has 0 radical (unpaired) electrons. The summed E-state index contributed by atoms with van der Waals surface area (Å²) in [6.45, 7) is 2.05. The van der Waals surface area contributed by atoms with Crippen molar-refractivity contribution in [1.29, 1.82) is 0 Å². The topological polar surface area (TPSA) is 56.0 Å². The van der Waals surface area contributed by atoms with E-state index in [1.807, 2.05) is 24.3 Å². The first kappa shape index (κ1) is 13.8. The van der Waals surface area contributed by atoms with Crippen LogP contribution in [0.1, 0.15) is 17.7 Å². The SMILES string of the molecule is CC(Sc1ccc([N+](=O)[O-])cn1)c1ccc(Cl)cc1. The van der Waals surface area contributed by atoms with E-state index < -0.39 is 4.92 Å². The molecule has 1 aromatic carbocycles. The minimum Gasteiger partial charge on any atom is -0.258 e. The molecule has 1 heterocycles. The molecule has 1 unspecified atom stereocenters. The number of halogens is 1. The third kappa shape index (κ3) is 3.68. The van der Waals surface area contributed by atoms with Crippen molar-refractivity contribution in [2.24, 2.45) is 0 Å². The van der Waals surface area contributed by atoms with Crippen molar-refractivity contribution in [3.05, 3.63) is 63.3 Å². The van der Waals surface area contributed by atoms with Gasteiger partial charge >= 0.3 is 0 Å². The molecule has 0 N–H and O–H groups in total. The maximum atomic E-state index is 10.5. The fourth-order valence-electron chi connectivity index (χ4n) is 1.53. The standard InChI is InChI=1S/C13H11ClN2O2S/c1-9(10-2-4-11(14)5-3-10)19-13-7-6-12(8-15-13)16(17)18/h2-9H,1H3. The summed E-state index contributed by atoms with van der Waals surface area (Å²) in [7, 11) is 0. The van der Waals surface area contributed by atoms with Gasteiger partial charge < -0.3 is 0 Å². The van der Waals surface area contributed by atoms with E-state index in [4.69, 9.17) is 11.6 Å². The average molecular weight is 295 g/mol. The first-order valence-corrected chi connectivity index (χ1v) is 6.84. The van der Waals surface area contributed by atoms with E-state index in [9.17, 15) is 10.1 Å². The summed E-state index contributed by atoms with van der Waals surface area (Å²) in [4.78, 5) is 14.2. The number of benzene rings is 1. The van der Waals surface area contributed by atoms with Gasteiger partial charge in [-0.3, -0.25) is 10.1 Å². The molecule has 0 bridgehead atoms. The second-order valence-corrected chi connectivity index (χ2v) is 5.72. The first-order chi connectivity index (χ1) is 9.06. The van der Waals surface area contributed by atoms with E-state index in [2.05, 4.69) is 11.9 Å². The summed E-state index contributed by atoms with van der Waals surface area (Å²) < 4.78 is 0. The van der Waals surface area contributed by atoms with Crippen LogP contribution in [0.25, 0.3) is 0 Å². The molecule has 4 nitrogen and oxygen atoms in total. The molecule has 0 aliphatic carbocycles. The molecule has 0 fully saturated rings. The van der Waals surface area contributed by atoms with Gasteiger partial charge in [0.2, 0.25) is 0 Å². The molecule has 19 heavy (non-hydrogen) atoms. The maximum Gasteiger partial charge on any atom is 0.287 e. The quantitative estimate of drug-likeness (QED) is 0.473. The second kappa shape index (κ2) is 6.04. The summed E-state index contributed by atoms with van der Waals surface area (Å²) in [5, 5.41) is 12.2. The number of rotatable bonds is 4. The molecule has 0 aliphatic rings. The Morgan fingerprint density at radius 1 is 1.26 bits per heavy atom. The van der Waals surface area contributed by atoms with E-state index in [-0.39, 0.29) is 10.9 Å². The Morgan fingerprint density at radius 2 is 1.95 bits per heavy atom. The smallest absolute Gasteiger partial charge is 0.258 e. The van der Waals surface area contributed by atoms with Crippen LogP contribution in [0, 0.1) is 10.1 Å². The van der Waals surface area contributed by atoms with Gasteiger partial charge in [-0.1, -0.05) is 35.5 Å². The molecule has 1 atom stereocenters. The van der Waals surface area contributed by atoms with Crippen LogP contribution >= 0.6 is 23.4 Å². The number of aromatic nitrogens is 1. The number of thioether (sulfide) groups is 1. The molecule has 98 valence electrons. The Bertz CT molecular complexity index is 572. The zero-order valence-electron chi connectivity index (χ0n) is 10.1. The summed E-state index contributed by atoms with van der Waals surface area (Å²) >= 11 is 7.39. The van der Waals surface area contributed by atoms with E-state index in [1.165, 1.54) is 12.3 Å². The normalized spacial score (nSPS) is 12.1. The largest absolute Gasteiger partial charge is 0.287 e. The van der Waals surface area contributed by atoms with Crippen LogP contribution in [0.15, 0.2) is 47.6 Å². The highest BCUT2D eigenvalue weighted by Gasteiger charge is 2.10. The summed E-state index contributed by atoms with van der Waals surface area (Å²) in [5.74, 6) is 0. The van der Waals surface area contributed by atoms with Gasteiger partial charge in [-0.2, -0.15) is 0 Å². The van der Waals surface area contributed by atoms with Crippen molar-refractivity contribution in [3.8, 4) is 0 Å². The Kier molecular flexibility index (Phi) is 4.39. The Hall–Kier alpha value is -1.59. The molecule has 0 aliphatic heterocycles. The van der Waals surface area contributed by atoms with E-state index in [1.54, 1.807) is 17.8 Å². The first-order valence-electron chi connectivity index (χ1n) is 5.59. The van der Waals surface area contributed by atoms with Gasteiger partial charge in [0.25, 0.3) is 5.69 Å². The van der Waals surface area contributed by atoms with Crippen LogP contribution in [0.2, 0.25) is 5.02 Å². The molecule has 6 heteroatoms. The Balaban J connectivity index is 2.08. The monoisotopic (exact) mass is 294 g/mol. The van der Waals surface area contributed by atoms with Gasteiger partial charge in [0.1, 0.15) is 6.20 Å². The van der Waals surface area contributed by atoms with E-state index in [0.29, 0.717) is 5.02 Å². The van der Waals surface area contributed by atoms with Crippen molar-refractivity contribution in [1.82, 2.24) is 4.98 Å². The maximum absolute atomic E-state index is 10.5. The summed E-state index contributed by atoms with van der Waals surface area (Å²) in [6, 6.07) is 10.7. The molecule has 0 spiro atoms. The number of hydrogen-bond donors (Lipinski definition) is 0. The Morgan fingerprint density at radius 3 is 2.47 bits per heavy atom. The minimum atomic E-state index is -0.454. The molecular weight excluding hydrogens is 284 g/mol. The minimum absolute atomic E-state index is 0.00324. The zero-order valence-corrected chi connectivity index (χ0v) is 11.7. The molecule has 0 saturated heterocycles. The predicted molar refractivity (Wildman–Crippen MR) is 76.6 cm³/mol. The van der Waals surface area contributed by atoms with E-state index >= 15 is 0 Å². The molecular formula is C13H11ClN2O2S. The van der Waals surface area contributed by atoms with E-state index in [0.717, 1.165) is 10.6 Å². The van der Waals surface area contributed by atoms with Crippen molar-refractivity contribution in [2.45, 2.75) is 17.2 Å². The van der Waals surface area contributed by atoms with Crippen LogP contribution in [-0.4, -0.2) is 9.91 Å². The lowest BCUT2D eigenvalue weighted by molar-refractivity contribution is -0.385. The van der Waals surface area contributed by atoms with Gasteiger partial charge in [0.05, 0.1) is 9.95 Å². The fraction of sp³-hybridized carbons (Fsp3) is 0.154. The van der Waals surface area contributed by atoms with Gasteiger partial charge in [0.15, 0.2) is 0 Å². The van der Waals surface area contributed by atoms with Gasteiger partial charge in [-0.15, -0.1) is 0 Å². The lowest BCUT2D eigenvalue weighted by Crippen LogP contribution is -1.92. The Labute approximate surface area is 120 Å². The zero-order chi connectivity index (χ0) is 13.8. The van der Waals surface area contributed by atoms with Crippen molar-refractivity contribution < 1.29 is 4.92 Å². The van der Waals surface area contributed by atoms with Crippen LogP contribution in [-0.2, 0) is 0 Å². The summed E-state index contributed by atoms with van der Waals surface area (Å²) in [5.41, 5.74) is 1.14. The molecule has 2 aromatic rings. The lowest BCUT2D eigenvalue weighted by Gasteiger charge is -2.10. The van der Waals surface area contributed by atoms with Gasteiger partial charge in [-0.05, 0) is 30.7 Å². The molecule has 2 rings (SSSR count). The highest BCUT2D eigenvalue weighted by molar-refractivity contribution is 7.99. The molecule has 1 aromatic heterocycles. The fourth-order valence-corrected chi connectivity index (χ4v) is 2.57. The average Bonchev–Trinajstić information content (AvgIpc) is 2.40. The van der Waals surface area contributed by atoms with Crippen molar-refractivity contribution in [2.75, 3.05) is 0 Å². The molecule has 0 amide bonds. The van der Waals surface area contributed by atoms with Crippen molar-refractivity contribution >= 4 is 29.1 Å². The highest BCUT2D eigenvalue weighted by Crippen LogP contribution is 2.34. The number of hydrogen-bond acceptors (Lipinski definition) is 4. The van der Waals surface area contributed by atoms with Gasteiger partial charge in [0, 0.05) is 16.3 Å². The van der Waals surface area contributed by atoms with Crippen LogP contribution in [0.5, 0.6) is 0 Å². The van der Waals surface area contributed by atoms with Gasteiger partial charge in [-0.25, -0.2) is 4.98 Å². The number of nitrogens with zero attached hydrogens (tertiary/aromatic N) is 2. The summed E-state index contributed by atoms with van der Waals surface area (Å²) in [6.07, 6.45) is 1.27. The highest BCUT2D eigenvalue weighted by atomic mass is 35.5. The number of pyridine rings is 1. The third-order valence-corrected chi connectivity index (χ3v) is 3.93. The van der Waals surface area contributed by atoms with Crippen LogP contribution in [0.3, 0.4) is 0 Å². The van der Waals surface area contributed by atoms with Crippen molar-refractivity contribution in [3.63, 3.8) is 0 Å². The van der Waals surface area contributed by atoms with Crippen LogP contribution < -0.4 is 0 Å². The third-order valence-electron chi connectivity index (χ3n) is 2.57. The predicted octanol–water partition coefficient (Wildman–Crippen LogP) is 4.50. The molecule has 0 saturated carbocycles. The second-order valence-electron chi connectivity index (χ2n) is 3.92.